The minimum atomic E-state index is -0.943. The molecule has 0 saturated heterocycles. The maximum atomic E-state index is 11.3. The van der Waals surface area contributed by atoms with Crippen LogP contribution in [0.4, 0.5) is 5.82 Å². The number of nitrogens with zero attached hydrogens (tertiary/aromatic N) is 3. The van der Waals surface area contributed by atoms with Gasteiger partial charge in [0.15, 0.2) is 0 Å². The number of nitrogens with one attached hydrogen (secondary N) is 1. The van der Waals surface area contributed by atoms with E-state index in [1.54, 1.807) is 30.6 Å². The molecule has 2 heterocycles. The standard InChI is InChI=1S/C15H14N4O2/c1-19-8-7-16-13(19)9-18-14-11-3-2-4-12(15(20)21)10(11)5-6-17-14/h2-8H,9H2,1H3,(H,17,18)(H,20,21). The van der Waals surface area contributed by atoms with Gasteiger partial charge in [-0.2, -0.15) is 0 Å². The highest BCUT2D eigenvalue weighted by molar-refractivity contribution is 6.06. The van der Waals surface area contributed by atoms with Gasteiger partial charge in [-0.25, -0.2) is 14.8 Å². The molecule has 0 amide bonds. The van der Waals surface area contributed by atoms with Crippen molar-refractivity contribution in [3.8, 4) is 0 Å². The number of carboxylic acid groups (broad SMARTS) is 1. The molecular formula is C15H14N4O2. The van der Waals surface area contributed by atoms with Crippen LogP contribution < -0.4 is 5.32 Å². The van der Waals surface area contributed by atoms with E-state index in [1.165, 1.54) is 0 Å². The number of benzene rings is 1. The first-order valence-electron chi connectivity index (χ1n) is 6.48. The number of hydrogen-bond donors (Lipinski definition) is 2. The van der Waals surface area contributed by atoms with Crippen molar-refractivity contribution >= 4 is 22.6 Å². The summed E-state index contributed by atoms with van der Waals surface area (Å²) in [4.78, 5) is 19.8. The summed E-state index contributed by atoms with van der Waals surface area (Å²) in [5.41, 5.74) is 0.273. The number of rotatable bonds is 4. The molecule has 21 heavy (non-hydrogen) atoms. The molecule has 0 spiro atoms. The zero-order chi connectivity index (χ0) is 14.8. The van der Waals surface area contributed by atoms with Crippen molar-refractivity contribution in [2.24, 2.45) is 7.05 Å². The van der Waals surface area contributed by atoms with E-state index in [0.717, 1.165) is 11.2 Å². The van der Waals surface area contributed by atoms with Gasteiger partial charge in [-0.1, -0.05) is 12.1 Å². The molecule has 0 saturated carbocycles. The maximum absolute atomic E-state index is 11.3. The van der Waals surface area contributed by atoms with Crippen molar-refractivity contribution < 1.29 is 9.90 Å². The molecule has 0 aliphatic heterocycles. The van der Waals surface area contributed by atoms with Crippen LogP contribution >= 0.6 is 0 Å². The molecular weight excluding hydrogens is 268 g/mol. The molecule has 6 nitrogen and oxygen atoms in total. The van der Waals surface area contributed by atoms with E-state index in [9.17, 15) is 9.90 Å². The molecule has 0 radical (unpaired) electrons. The average molecular weight is 282 g/mol. The maximum Gasteiger partial charge on any atom is 0.336 e. The molecule has 2 aromatic heterocycles. The van der Waals surface area contributed by atoms with Gasteiger partial charge in [-0.15, -0.1) is 0 Å². The Labute approximate surface area is 121 Å². The number of aromatic nitrogens is 3. The molecule has 0 unspecified atom stereocenters. The van der Waals surface area contributed by atoms with Crippen molar-refractivity contribution in [1.29, 1.82) is 0 Å². The van der Waals surface area contributed by atoms with Crippen molar-refractivity contribution in [2.75, 3.05) is 5.32 Å². The number of imidazole rings is 1. The smallest absolute Gasteiger partial charge is 0.336 e. The van der Waals surface area contributed by atoms with Gasteiger partial charge in [0.05, 0.1) is 12.1 Å². The van der Waals surface area contributed by atoms with Gasteiger partial charge in [-0.05, 0) is 12.1 Å². The highest BCUT2D eigenvalue weighted by Gasteiger charge is 2.11. The molecule has 106 valence electrons. The predicted molar refractivity (Wildman–Crippen MR) is 79.2 cm³/mol. The van der Waals surface area contributed by atoms with Gasteiger partial charge in [0.1, 0.15) is 11.6 Å². The number of carbonyl (C=O) groups is 1. The summed E-state index contributed by atoms with van der Waals surface area (Å²) in [6.45, 7) is 0.521. The van der Waals surface area contributed by atoms with Crippen LogP contribution in [0.3, 0.4) is 0 Å². The third-order valence-corrected chi connectivity index (χ3v) is 3.37. The molecule has 2 N–H and O–H groups in total. The average Bonchev–Trinajstić information content (AvgIpc) is 2.89. The topological polar surface area (TPSA) is 80.0 Å². The molecule has 0 atom stereocenters. The van der Waals surface area contributed by atoms with Gasteiger partial charge in [0.2, 0.25) is 0 Å². The van der Waals surface area contributed by atoms with Crippen molar-refractivity contribution in [3.63, 3.8) is 0 Å². The van der Waals surface area contributed by atoms with Gasteiger partial charge in [0, 0.05) is 36.4 Å². The number of pyridine rings is 1. The zero-order valence-corrected chi connectivity index (χ0v) is 11.4. The van der Waals surface area contributed by atoms with Crippen LogP contribution in [0.25, 0.3) is 10.8 Å². The number of anilines is 1. The highest BCUT2D eigenvalue weighted by Crippen LogP contribution is 2.24. The lowest BCUT2D eigenvalue weighted by Crippen LogP contribution is -2.07. The summed E-state index contributed by atoms with van der Waals surface area (Å²) in [6, 6.07) is 6.88. The molecule has 0 fully saturated rings. The second-order valence-corrected chi connectivity index (χ2v) is 4.67. The Balaban J connectivity index is 1.98. The Kier molecular flexibility index (Phi) is 3.27. The first-order chi connectivity index (χ1) is 10.2. The fourth-order valence-electron chi connectivity index (χ4n) is 2.26. The number of aromatic carboxylic acids is 1. The van der Waals surface area contributed by atoms with E-state index in [2.05, 4.69) is 15.3 Å². The summed E-state index contributed by atoms with van der Waals surface area (Å²) in [7, 11) is 1.92. The Bertz CT molecular complexity index is 810. The van der Waals surface area contributed by atoms with Gasteiger partial charge in [-0.3, -0.25) is 0 Å². The second kappa shape index (κ2) is 5.24. The van der Waals surface area contributed by atoms with Crippen LogP contribution in [-0.2, 0) is 13.6 Å². The summed E-state index contributed by atoms with van der Waals surface area (Å²) >= 11 is 0. The SMILES string of the molecule is Cn1ccnc1CNc1nccc2c(C(=O)O)cccc12. The quantitative estimate of drug-likeness (QED) is 0.767. The Morgan fingerprint density at radius 3 is 2.81 bits per heavy atom. The van der Waals surface area contributed by atoms with Crippen LogP contribution in [0.2, 0.25) is 0 Å². The fraction of sp³-hybridized carbons (Fsp3) is 0.133. The summed E-state index contributed by atoms with van der Waals surface area (Å²) in [5.74, 6) is 0.587. The lowest BCUT2D eigenvalue weighted by atomic mass is 10.1. The Morgan fingerprint density at radius 1 is 1.24 bits per heavy atom. The molecule has 3 aromatic rings. The van der Waals surface area contributed by atoms with Crippen LogP contribution in [0, 0.1) is 0 Å². The number of carboxylic acids is 1. The van der Waals surface area contributed by atoms with E-state index in [1.807, 2.05) is 23.9 Å². The van der Waals surface area contributed by atoms with E-state index < -0.39 is 5.97 Å². The molecule has 6 heteroatoms. The molecule has 0 bridgehead atoms. The Hall–Kier alpha value is -2.89. The van der Waals surface area contributed by atoms with Crippen molar-refractivity contribution in [1.82, 2.24) is 14.5 Å². The minimum absolute atomic E-state index is 0.273. The number of fused-ring (bicyclic) bond motifs is 1. The number of aryl methyl sites for hydroxylation is 1. The van der Waals surface area contributed by atoms with E-state index >= 15 is 0 Å². The monoisotopic (exact) mass is 282 g/mol. The normalized spacial score (nSPS) is 10.7. The fourth-order valence-corrected chi connectivity index (χ4v) is 2.26. The molecule has 0 aliphatic carbocycles. The van der Waals surface area contributed by atoms with Crippen LogP contribution in [0.5, 0.6) is 0 Å². The third kappa shape index (κ3) is 2.43. The third-order valence-electron chi connectivity index (χ3n) is 3.37. The minimum Gasteiger partial charge on any atom is -0.478 e. The zero-order valence-electron chi connectivity index (χ0n) is 11.4. The molecule has 0 aliphatic rings. The summed E-state index contributed by atoms with van der Waals surface area (Å²) < 4.78 is 1.92. The van der Waals surface area contributed by atoms with E-state index in [0.29, 0.717) is 17.7 Å². The number of hydrogen-bond acceptors (Lipinski definition) is 4. The van der Waals surface area contributed by atoms with Gasteiger partial charge >= 0.3 is 5.97 Å². The lowest BCUT2D eigenvalue weighted by molar-refractivity contribution is 0.0699. The summed E-state index contributed by atoms with van der Waals surface area (Å²) in [5, 5.41) is 13.9. The second-order valence-electron chi connectivity index (χ2n) is 4.67. The molecule has 3 rings (SSSR count). The first kappa shape index (κ1) is 13.1. The van der Waals surface area contributed by atoms with E-state index in [4.69, 9.17) is 0 Å². The lowest BCUT2D eigenvalue weighted by Gasteiger charge is -2.10. The van der Waals surface area contributed by atoms with Crippen LogP contribution in [-0.4, -0.2) is 25.6 Å². The van der Waals surface area contributed by atoms with Gasteiger partial charge < -0.3 is 15.0 Å². The van der Waals surface area contributed by atoms with Crippen molar-refractivity contribution in [2.45, 2.75) is 6.54 Å². The van der Waals surface area contributed by atoms with Crippen LogP contribution in [0.15, 0.2) is 42.9 Å². The van der Waals surface area contributed by atoms with Crippen LogP contribution in [0.1, 0.15) is 16.2 Å². The predicted octanol–water partition coefficient (Wildman–Crippen LogP) is 2.28. The summed E-state index contributed by atoms with van der Waals surface area (Å²) in [6.07, 6.45) is 5.21. The van der Waals surface area contributed by atoms with E-state index in [-0.39, 0.29) is 5.56 Å². The van der Waals surface area contributed by atoms with Crippen molar-refractivity contribution in [3.05, 3.63) is 54.2 Å². The Morgan fingerprint density at radius 2 is 2.10 bits per heavy atom. The van der Waals surface area contributed by atoms with Gasteiger partial charge in [0.25, 0.3) is 0 Å². The largest absolute Gasteiger partial charge is 0.478 e. The first-order valence-corrected chi connectivity index (χ1v) is 6.48. The highest BCUT2D eigenvalue weighted by atomic mass is 16.4. The molecule has 1 aromatic carbocycles.